The van der Waals surface area contributed by atoms with Crippen LogP contribution in [0, 0.1) is 0 Å². The van der Waals surface area contributed by atoms with Crippen LogP contribution < -0.4 is 11.1 Å². The van der Waals surface area contributed by atoms with E-state index >= 15 is 0 Å². The lowest BCUT2D eigenvalue weighted by atomic mass is 10.2. The molecule has 3 N–H and O–H groups in total. The van der Waals surface area contributed by atoms with E-state index in [0.29, 0.717) is 11.5 Å². The Morgan fingerprint density at radius 1 is 1.71 bits per heavy atom. The second-order valence-corrected chi connectivity index (χ2v) is 3.04. The van der Waals surface area contributed by atoms with Gasteiger partial charge in [-0.15, -0.1) is 0 Å². The second kappa shape index (κ2) is 4.78. The number of ketones is 1. The van der Waals surface area contributed by atoms with Crippen molar-refractivity contribution in [1.29, 1.82) is 0 Å². The first kappa shape index (κ1) is 10.7. The first-order valence-corrected chi connectivity index (χ1v) is 4.41. The van der Waals surface area contributed by atoms with E-state index in [4.69, 9.17) is 5.73 Å². The molecule has 0 aliphatic carbocycles. The van der Waals surface area contributed by atoms with Gasteiger partial charge >= 0.3 is 0 Å². The molecular formula is C9H14N4O. The van der Waals surface area contributed by atoms with Crippen LogP contribution >= 0.6 is 0 Å². The highest BCUT2D eigenvalue weighted by molar-refractivity contribution is 5.95. The largest absolute Gasteiger partial charge is 0.322 e. The van der Waals surface area contributed by atoms with Crippen molar-refractivity contribution in [2.75, 3.05) is 13.6 Å². The molecule has 0 spiro atoms. The molecule has 1 aromatic heterocycles. The van der Waals surface area contributed by atoms with Crippen molar-refractivity contribution in [1.82, 2.24) is 15.3 Å². The smallest absolute Gasteiger partial charge is 0.195 e. The number of nitrogens with one attached hydrogen (secondary N) is 1. The molecule has 0 radical (unpaired) electrons. The predicted molar refractivity (Wildman–Crippen MR) is 52.9 cm³/mol. The Kier molecular flexibility index (Phi) is 3.67. The maximum Gasteiger partial charge on any atom is 0.195 e. The van der Waals surface area contributed by atoms with Gasteiger partial charge in [0.25, 0.3) is 0 Å². The molecule has 1 aromatic rings. The molecule has 5 heteroatoms. The summed E-state index contributed by atoms with van der Waals surface area (Å²) >= 11 is 0. The van der Waals surface area contributed by atoms with Crippen LogP contribution in [0.3, 0.4) is 0 Å². The molecule has 0 saturated carbocycles. The standard InChI is InChI=1S/C9H14N4O/c1-6(10)9-12-4-3-7(13-9)8(14)5-11-2/h3-4,6,11H,5,10H2,1-2H3. The van der Waals surface area contributed by atoms with Crippen LogP contribution in [-0.4, -0.2) is 29.3 Å². The van der Waals surface area contributed by atoms with Crippen molar-refractivity contribution < 1.29 is 4.79 Å². The van der Waals surface area contributed by atoms with Crippen LogP contribution in [-0.2, 0) is 0 Å². The monoisotopic (exact) mass is 194 g/mol. The number of nitrogens with two attached hydrogens (primary N) is 1. The third-order valence-electron chi connectivity index (χ3n) is 1.70. The lowest BCUT2D eigenvalue weighted by Gasteiger charge is -2.04. The van der Waals surface area contributed by atoms with E-state index in [-0.39, 0.29) is 18.4 Å². The summed E-state index contributed by atoms with van der Waals surface area (Å²) in [6.07, 6.45) is 1.55. The minimum absolute atomic E-state index is 0.0585. The zero-order valence-electron chi connectivity index (χ0n) is 8.32. The van der Waals surface area contributed by atoms with Gasteiger partial charge in [0.15, 0.2) is 5.78 Å². The first-order chi connectivity index (χ1) is 6.65. The lowest BCUT2D eigenvalue weighted by Crippen LogP contribution is -2.21. The summed E-state index contributed by atoms with van der Waals surface area (Å²) in [6, 6.07) is 1.34. The molecule has 5 nitrogen and oxygen atoms in total. The van der Waals surface area contributed by atoms with Gasteiger partial charge in [0.1, 0.15) is 11.5 Å². The molecule has 0 amide bonds. The number of carbonyl (C=O) groups excluding carboxylic acids is 1. The summed E-state index contributed by atoms with van der Waals surface area (Å²) in [6.45, 7) is 2.05. The quantitative estimate of drug-likeness (QED) is 0.654. The summed E-state index contributed by atoms with van der Waals surface area (Å²) in [7, 11) is 1.71. The normalized spacial score (nSPS) is 12.5. The van der Waals surface area contributed by atoms with Crippen LogP contribution in [0.4, 0.5) is 0 Å². The molecule has 0 fully saturated rings. The van der Waals surface area contributed by atoms with Gasteiger partial charge in [-0.3, -0.25) is 4.79 Å². The third kappa shape index (κ3) is 2.58. The fourth-order valence-electron chi connectivity index (χ4n) is 1.000. The fraction of sp³-hybridized carbons (Fsp3) is 0.444. The number of aromatic nitrogens is 2. The molecule has 0 saturated heterocycles. The van der Waals surface area contributed by atoms with Gasteiger partial charge in [-0.2, -0.15) is 0 Å². The van der Waals surface area contributed by atoms with Gasteiger partial charge < -0.3 is 11.1 Å². The Balaban J connectivity index is 2.88. The van der Waals surface area contributed by atoms with Gasteiger partial charge in [-0.05, 0) is 20.0 Å². The number of hydrogen-bond donors (Lipinski definition) is 2. The summed E-state index contributed by atoms with van der Waals surface area (Å²) in [5.74, 6) is 0.434. The molecule has 76 valence electrons. The molecule has 0 aliphatic rings. The zero-order valence-corrected chi connectivity index (χ0v) is 8.32. The first-order valence-electron chi connectivity index (χ1n) is 4.41. The van der Waals surface area contributed by atoms with Crippen molar-refractivity contribution in [2.24, 2.45) is 5.73 Å². The van der Waals surface area contributed by atoms with Crippen LogP contribution in [0.15, 0.2) is 12.3 Å². The number of likely N-dealkylation sites (N-methyl/N-ethyl adjacent to an activating group) is 1. The van der Waals surface area contributed by atoms with Gasteiger partial charge in [0, 0.05) is 6.20 Å². The van der Waals surface area contributed by atoms with Crippen molar-refractivity contribution >= 4 is 5.78 Å². The van der Waals surface area contributed by atoms with Gasteiger partial charge in [0.05, 0.1) is 12.6 Å². The average Bonchev–Trinajstić information content (AvgIpc) is 2.18. The highest BCUT2D eigenvalue weighted by atomic mass is 16.1. The van der Waals surface area contributed by atoms with Gasteiger partial charge in [0.2, 0.25) is 0 Å². The maximum atomic E-state index is 11.4. The molecule has 1 rings (SSSR count). The minimum Gasteiger partial charge on any atom is -0.322 e. The molecule has 0 aromatic carbocycles. The molecule has 1 unspecified atom stereocenters. The van der Waals surface area contributed by atoms with Crippen LogP contribution in [0.5, 0.6) is 0 Å². The van der Waals surface area contributed by atoms with Gasteiger partial charge in [-0.1, -0.05) is 0 Å². The fourth-order valence-corrected chi connectivity index (χ4v) is 1.000. The summed E-state index contributed by atoms with van der Waals surface area (Å²) in [4.78, 5) is 19.5. The molecule has 1 heterocycles. The Bertz CT molecular complexity index is 324. The molecule has 14 heavy (non-hydrogen) atoms. The van der Waals surface area contributed by atoms with Gasteiger partial charge in [-0.25, -0.2) is 9.97 Å². The number of rotatable bonds is 4. The van der Waals surface area contributed by atoms with E-state index in [1.54, 1.807) is 26.2 Å². The Morgan fingerprint density at radius 3 is 3.00 bits per heavy atom. The number of hydrogen-bond acceptors (Lipinski definition) is 5. The lowest BCUT2D eigenvalue weighted by molar-refractivity contribution is 0.0988. The van der Waals surface area contributed by atoms with Crippen molar-refractivity contribution in [3.05, 3.63) is 23.8 Å². The van der Waals surface area contributed by atoms with Crippen molar-refractivity contribution in [3.8, 4) is 0 Å². The number of Topliss-reactive ketones (excluding diaryl/α,β-unsaturated/α-hetero) is 1. The highest BCUT2D eigenvalue weighted by Gasteiger charge is 2.09. The SMILES string of the molecule is CNCC(=O)c1ccnc(C(C)N)n1. The van der Waals surface area contributed by atoms with Crippen LogP contribution in [0.1, 0.15) is 29.3 Å². The van der Waals surface area contributed by atoms with Crippen LogP contribution in [0.2, 0.25) is 0 Å². The van der Waals surface area contributed by atoms with Crippen molar-refractivity contribution in [3.63, 3.8) is 0 Å². The van der Waals surface area contributed by atoms with E-state index in [0.717, 1.165) is 0 Å². The Hall–Kier alpha value is -1.33. The average molecular weight is 194 g/mol. The summed E-state index contributed by atoms with van der Waals surface area (Å²) in [5.41, 5.74) is 6.01. The summed E-state index contributed by atoms with van der Waals surface area (Å²) in [5, 5.41) is 2.77. The third-order valence-corrected chi connectivity index (χ3v) is 1.70. The topological polar surface area (TPSA) is 80.9 Å². The van der Waals surface area contributed by atoms with E-state index in [9.17, 15) is 4.79 Å². The number of nitrogens with zero attached hydrogens (tertiary/aromatic N) is 2. The highest BCUT2D eigenvalue weighted by Crippen LogP contribution is 2.03. The van der Waals surface area contributed by atoms with E-state index in [2.05, 4.69) is 15.3 Å². The summed E-state index contributed by atoms with van der Waals surface area (Å²) < 4.78 is 0. The van der Waals surface area contributed by atoms with E-state index < -0.39 is 0 Å². The number of carbonyl (C=O) groups is 1. The Morgan fingerprint density at radius 2 is 2.43 bits per heavy atom. The van der Waals surface area contributed by atoms with Crippen molar-refractivity contribution in [2.45, 2.75) is 13.0 Å². The molecular weight excluding hydrogens is 180 g/mol. The molecule has 0 bridgehead atoms. The van der Waals surface area contributed by atoms with E-state index in [1.807, 2.05) is 0 Å². The Labute approximate surface area is 82.7 Å². The minimum atomic E-state index is -0.252. The second-order valence-electron chi connectivity index (χ2n) is 3.04. The molecule has 1 atom stereocenters. The molecule has 0 aliphatic heterocycles. The van der Waals surface area contributed by atoms with E-state index in [1.165, 1.54) is 0 Å². The predicted octanol–water partition coefficient (Wildman–Crippen LogP) is -0.102. The maximum absolute atomic E-state index is 11.4. The van der Waals surface area contributed by atoms with Crippen LogP contribution in [0.25, 0.3) is 0 Å². The zero-order chi connectivity index (χ0) is 10.6.